The third kappa shape index (κ3) is 20.4. The molecule has 7 nitrogen and oxygen atoms in total. The van der Waals surface area contributed by atoms with E-state index in [1.54, 1.807) is 0 Å². The maximum absolute atomic E-state index is 11.9. The first-order valence-corrected chi connectivity index (χ1v) is 12.9. The van der Waals surface area contributed by atoms with Crippen LogP contribution in [0, 0.1) is 0 Å². The van der Waals surface area contributed by atoms with Crippen LogP contribution in [0.25, 0.3) is 0 Å². The maximum atomic E-state index is 11.9. The van der Waals surface area contributed by atoms with E-state index in [4.69, 9.17) is 4.55 Å². The van der Waals surface area contributed by atoms with Gasteiger partial charge in [-0.1, -0.05) is 71.1 Å². The highest BCUT2D eigenvalue weighted by atomic mass is 32.2. The number of hydrogen-bond donors (Lipinski definition) is 3. The number of rotatable bonds is 19. The van der Waals surface area contributed by atoms with Gasteiger partial charge in [0.25, 0.3) is 10.1 Å². The lowest BCUT2D eigenvalue weighted by molar-refractivity contribution is -0.891. The zero-order chi connectivity index (χ0) is 22.2. The lowest BCUT2D eigenvalue weighted by Crippen LogP contribution is -2.50. The van der Waals surface area contributed by atoms with Gasteiger partial charge in [0.1, 0.15) is 18.4 Å². The Morgan fingerprint density at radius 3 is 1.90 bits per heavy atom. The second-order valence-corrected chi connectivity index (χ2v) is 10.4. The van der Waals surface area contributed by atoms with Crippen molar-refractivity contribution in [1.82, 2.24) is 5.32 Å². The molecule has 0 saturated carbocycles. The standard InChI is InChI=1S/C21H44N2O5S/c1-4-5-6-7-8-9-10-11-12-13-14-15-21(25)22-16-17-23(2,3)18-20(24)19-29(26,27)28/h20,24H,4-19H2,1-3H3,(H-,22,25,26,27,28)/p+1. The summed E-state index contributed by atoms with van der Waals surface area (Å²) in [4.78, 5) is 11.9. The molecule has 0 rings (SSSR count). The second kappa shape index (κ2) is 16.1. The first-order valence-electron chi connectivity index (χ1n) is 11.3. The van der Waals surface area contributed by atoms with Crippen LogP contribution >= 0.6 is 0 Å². The molecule has 1 atom stereocenters. The number of aliphatic hydroxyl groups is 1. The number of likely N-dealkylation sites (N-methyl/N-ethyl adjacent to an activating group) is 1. The Balaban J connectivity index is 3.64. The van der Waals surface area contributed by atoms with Gasteiger partial charge in [0.2, 0.25) is 5.91 Å². The molecule has 0 radical (unpaired) electrons. The van der Waals surface area contributed by atoms with Gasteiger partial charge in [0, 0.05) is 6.42 Å². The average molecular weight is 438 g/mol. The van der Waals surface area contributed by atoms with Crippen LogP contribution < -0.4 is 5.32 Å². The zero-order valence-electron chi connectivity index (χ0n) is 18.9. The van der Waals surface area contributed by atoms with Crippen molar-refractivity contribution >= 4 is 16.0 Å². The SMILES string of the molecule is CCCCCCCCCCCCCC(=O)NCC[N+](C)(C)CC(O)CS(=O)(=O)O. The summed E-state index contributed by atoms with van der Waals surface area (Å²) in [5.74, 6) is -0.626. The van der Waals surface area contributed by atoms with Crippen LogP contribution in [0.4, 0.5) is 0 Å². The third-order valence-corrected chi connectivity index (χ3v) is 5.96. The van der Waals surface area contributed by atoms with E-state index in [0.29, 0.717) is 24.0 Å². The van der Waals surface area contributed by atoms with Gasteiger partial charge in [-0.3, -0.25) is 9.35 Å². The number of nitrogens with zero attached hydrogens (tertiary/aromatic N) is 1. The van der Waals surface area contributed by atoms with Gasteiger partial charge < -0.3 is 14.9 Å². The summed E-state index contributed by atoms with van der Waals surface area (Å²) >= 11 is 0. The summed E-state index contributed by atoms with van der Waals surface area (Å²) in [5.41, 5.74) is 0. The van der Waals surface area contributed by atoms with Crippen molar-refractivity contribution in [3.8, 4) is 0 Å². The molecule has 0 fully saturated rings. The van der Waals surface area contributed by atoms with Crippen LogP contribution in [0.3, 0.4) is 0 Å². The van der Waals surface area contributed by atoms with Crippen molar-refractivity contribution in [3.63, 3.8) is 0 Å². The van der Waals surface area contributed by atoms with Crippen molar-refractivity contribution in [3.05, 3.63) is 0 Å². The molecule has 1 unspecified atom stereocenters. The molecule has 0 aliphatic rings. The largest absolute Gasteiger partial charge is 0.386 e. The molecule has 0 bridgehead atoms. The second-order valence-electron chi connectivity index (χ2n) is 8.88. The lowest BCUT2D eigenvalue weighted by Gasteiger charge is -2.31. The summed E-state index contributed by atoms with van der Waals surface area (Å²) in [6.45, 7) is 3.48. The molecule has 8 heteroatoms. The van der Waals surface area contributed by atoms with E-state index in [1.165, 1.54) is 57.8 Å². The van der Waals surface area contributed by atoms with Gasteiger partial charge in [-0.2, -0.15) is 8.42 Å². The molecule has 174 valence electrons. The zero-order valence-corrected chi connectivity index (χ0v) is 19.7. The molecule has 0 aliphatic heterocycles. The van der Waals surface area contributed by atoms with Crippen molar-refractivity contribution in [2.24, 2.45) is 0 Å². The van der Waals surface area contributed by atoms with E-state index in [-0.39, 0.29) is 12.5 Å². The van der Waals surface area contributed by atoms with Crippen molar-refractivity contribution < 1.29 is 27.4 Å². The van der Waals surface area contributed by atoms with Crippen LogP contribution in [0.5, 0.6) is 0 Å². The summed E-state index contributed by atoms with van der Waals surface area (Å²) in [7, 11) is -0.484. The minimum absolute atomic E-state index is 0.0411. The quantitative estimate of drug-likeness (QED) is 0.164. The fraction of sp³-hybridized carbons (Fsp3) is 0.952. The maximum Gasteiger partial charge on any atom is 0.267 e. The molecule has 3 N–H and O–H groups in total. The van der Waals surface area contributed by atoms with E-state index >= 15 is 0 Å². The minimum atomic E-state index is -4.19. The Kier molecular flexibility index (Phi) is 15.7. The Morgan fingerprint density at radius 1 is 0.931 bits per heavy atom. The van der Waals surface area contributed by atoms with Gasteiger partial charge in [0.05, 0.1) is 27.2 Å². The topological polar surface area (TPSA) is 104 Å². The molecule has 0 aliphatic carbocycles. The summed E-state index contributed by atoms with van der Waals surface area (Å²) < 4.78 is 30.8. The molecule has 0 aromatic rings. The molecular weight excluding hydrogens is 392 g/mol. The fourth-order valence-electron chi connectivity index (χ4n) is 3.49. The number of carbonyl (C=O) groups excluding carboxylic acids is 1. The Bertz CT molecular complexity index is 523. The number of quaternary nitrogens is 1. The lowest BCUT2D eigenvalue weighted by atomic mass is 10.1. The molecule has 0 aromatic heterocycles. The predicted octanol–water partition coefficient (Wildman–Crippen LogP) is 3.13. The smallest absolute Gasteiger partial charge is 0.267 e. The van der Waals surface area contributed by atoms with Crippen LogP contribution in [0.1, 0.15) is 84.0 Å². The highest BCUT2D eigenvalue weighted by Gasteiger charge is 2.24. The van der Waals surface area contributed by atoms with E-state index < -0.39 is 22.0 Å². The monoisotopic (exact) mass is 437 g/mol. The van der Waals surface area contributed by atoms with Gasteiger partial charge in [0.15, 0.2) is 0 Å². The number of aliphatic hydroxyl groups excluding tert-OH is 1. The van der Waals surface area contributed by atoms with Crippen LogP contribution in [0.15, 0.2) is 0 Å². The Morgan fingerprint density at radius 2 is 1.41 bits per heavy atom. The van der Waals surface area contributed by atoms with Crippen LogP contribution in [-0.4, -0.2) is 74.1 Å². The summed E-state index contributed by atoms with van der Waals surface area (Å²) in [6, 6.07) is 0. The molecule has 0 saturated heterocycles. The van der Waals surface area contributed by atoms with E-state index in [9.17, 15) is 18.3 Å². The van der Waals surface area contributed by atoms with Gasteiger partial charge in [-0.25, -0.2) is 0 Å². The number of hydrogen-bond acceptors (Lipinski definition) is 4. The normalized spacial score (nSPS) is 13.4. The molecule has 0 heterocycles. The van der Waals surface area contributed by atoms with Crippen molar-refractivity contribution in [2.75, 3.05) is 39.5 Å². The fourth-order valence-corrected chi connectivity index (χ4v) is 4.09. The Labute approximate surface area is 178 Å². The first-order chi connectivity index (χ1) is 13.6. The van der Waals surface area contributed by atoms with Gasteiger partial charge in [-0.05, 0) is 6.42 Å². The number of unbranched alkanes of at least 4 members (excludes halogenated alkanes) is 10. The van der Waals surface area contributed by atoms with E-state index in [1.807, 2.05) is 14.1 Å². The Hall–Kier alpha value is -0.700. The highest BCUT2D eigenvalue weighted by Crippen LogP contribution is 2.11. The first kappa shape index (κ1) is 28.3. The van der Waals surface area contributed by atoms with Crippen LogP contribution in [-0.2, 0) is 14.9 Å². The molecule has 0 aromatic carbocycles. The molecule has 1 amide bonds. The molecular formula is C21H45N2O5S+. The minimum Gasteiger partial charge on any atom is -0.386 e. The van der Waals surface area contributed by atoms with Crippen LogP contribution in [0.2, 0.25) is 0 Å². The number of carbonyl (C=O) groups is 1. The number of nitrogens with one attached hydrogen (secondary N) is 1. The van der Waals surface area contributed by atoms with Crippen molar-refractivity contribution in [1.29, 1.82) is 0 Å². The summed E-state index contributed by atoms with van der Waals surface area (Å²) in [5, 5.41) is 12.6. The average Bonchev–Trinajstić information content (AvgIpc) is 2.57. The third-order valence-electron chi connectivity index (χ3n) is 5.15. The molecule has 0 spiro atoms. The van der Waals surface area contributed by atoms with E-state index in [0.717, 1.165) is 12.8 Å². The predicted molar refractivity (Wildman–Crippen MR) is 118 cm³/mol. The summed E-state index contributed by atoms with van der Waals surface area (Å²) in [6.07, 6.45) is 13.2. The molecule has 29 heavy (non-hydrogen) atoms. The van der Waals surface area contributed by atoms with Gasteiger partial charge in [-0.15, -0.1) is 0 Å². The van der Waals surface area contributed by atoms with Gasteiger partial charge >= 0.3 is 0 Å². The highest BCUT2D eigenvalue weighted by molar-refractivity contribution is 7.85. The number of amides is 1. The van der Waals surface area contributed by atoms with E-state index in [2.05, 4.69) is 12.2 Å². The van der Waals surface area contributed by atoms with Crippen molar-refractivity contribution in [2.45, 2.75) is 90.1 Å².